The molecule has 0 aliphatic carbocycles. The molecule has 164 valence electrons. The van der Waals surface area contributed by atoms with Gasteiger partial charge in [0.1, 0.15) is 12.6 Å². The molecule has 2 amide bonds. The summed E-state index contributed by atoms with van der Waals surface area (Å²) in [4.78, 5) is 38.1. The highest BCUT2D eigenvalue weighted by molar-refractivity contribution is 6.01. The summed E-state index contributed by atoms with van der Waals surface area (Å²) >= 11 is 0. The van der Waals surface area contributed by atoms with E-state index in [4.69, 9.17) is 14.7 Å². The molecule has 1 heterocycles. The Balaban J connectivity index is 1.80. The summed E-state index contributed by atoms with van der Waals surface area (Å²) in [5, 5.41) is 14.6. The highest BCUT2D eigenvalue weighted by atomic mass is 16.6. The minimum Gasteiger partial charge on any atom is -0.464 e. The first-order chi connectivity index (χ1) is 14.3. The highest BCUT2D eigenvalue weighted by Gasteiger charge is 2.27. The maximum absolute atomic E-state index is 12.7. The van der Waals surface area contributed by atoms with Gasteiger partial charge in [-0.15, -0.1) is 0 Å². The second-order valence-electron chi connectivity index (χ2n) is 7.10. The number of nitrogens with zero attached hydrogens (tertiary/aromatic N) is 2. The molecule has 30 heavy (non-hydrogen) atoms. The number of hydrogen-bond acceptors (Lipinski definition) is 7. The Kier molecular flexibility index (Phi) is 8.79. The molecular weight excluding hydrogens is 390 g/mol. The summed E-state index contributed by atoms with van der Waals surface area (Å²) in [7, 11) is 0. The largest absolute Gasteiger partial charge is 0.464 e. The zero-order chi connectivity index (χ0) is 22.1. The lowest BCUT2D eigenvalue weighted by Gasteiger charge is -2.33. The number of carbonyl (C=O) groups excluding carboxylic acids is 3. The second-order valence-corrected chi connectivity index (χ2v) is 7.10. The molecule has 1 aliphatic rings. The lowest BCUT2D eigenvalue weighted by atomic mass is 10.1. The van der Waals surface area contributed by atoms with E-state index < -0.39 is 6.04 Å². The molecule has 0 aromatic heterocycles. The molecule has 1 aromatic carbocycles. The van der Waals surface area contributed by atoms with Crippen LogP contribution in [0.3, 0.4) is 0 Å². The van der Waals surface area contributed by atoms with E-state index in [-0.39, 0.29) is 30.5 Å². The third-order valence-corrected chi connectivity index (χ3v) is 4.93. The fourth-order valence-corrected chi connectivity index (χ4v) is 3.17. The lowest BCUT2D eigenvalue weighted by Crippen LogP contribution is -2.50. The van der Waals surface area contributed by atoms with E-state index in [1.807, 2.05) is 0 Å². The molecule has 0 saturated carbocycles. The van der Waals surface area contributed by atoms with Gasteiger partial charge in [-0.05, 0) is 51.3 Å². The minimum absolute atomic E-state index is 0.0820. The Morgan fingerprint density at radius 1 is 1.20 bits per heavy atom. The van der Waals surface area contributed by atoms with Crippen molar-refractivity contribution in [3.63, 3.8) is 0 Å². The number of piperidine rings is 1. The van der Waals surface area contributed by atoms with Crippen LogP contribution >= 0.6 is 0 Å². The molecule has 0 spiro atoms. The van der Waals surface area contributed by atoms with Crippen molar-refractivity contribution in [3.05, 3.63) is 35.4 Å². The average molecular weight is 419 g/mol. The number of carbonyl (C=O) groups is 3. The fraction of sp³-hybridized carbons (Fsp3) is 0.524. The van der Waals surface area contributed by atoms with Crippen molar-refractivity contribution in [2.75, 3.05) is 26.3 Å². The van der Waals surface area contributed by atoms with E-state index >= 15 is 0 Å². The molecule has 1 unspecified atom stereocenters. The van der Waals surface area contributed by atoms with E-state index in [0.29, 0.717) is 49.4 Å². The van der Waals surface area contributed by atoms with E-state index in [1.165, 1.54) is 0 Å². The van der Waals surface area contributed by atoms with Crippen molar-refractivity contribution < 1.29 is 29.1 Å². The van der Waals surface area contributed by atoms with Crippen molar-refractivity contribution in [2.24, 2.45) is 5.16 Å². The van der Waals surface area contributed by atoms with Gasteiger partial charge in [-0.3, -0.25) is 9.59 Å². The molecule has 1 fully saturated rings. The number of hydrogen-bond donors (Lipinski definition) is 2. The quantitative estimate of drug-likeness (QED) is 0.286. The average Bonchev–Trinajstić information content (AvgIpc) is 2.77. The van der Waals surface area contributed by atoms with E-state index in [1.54, 1.807) is 49.9 Å². The van der Waals surface area contributed by atoms with Crippen LogP contribution in [0.5, 0.6) is 0 Å². The number of nitrogens with one attached hydrogen (secondary N) is 1. The summed E-state index contributed by atoms with van der Waals surface area (Å²) in [6.45, 7) is 6.29. The molecule has 0 bridgehead atoms. The highest BCUT2D eigenvalue weighted by Crippen LogP contribution is 2.15. The first-order valence-electron chi connectivity index (χ1n) is 10.0. The van der Waals surface area contributed by atoms with Gasteiger partial charge in [0, 0.05) is 18.7 Å². The number of likely N-dealkylation sites (tertiary alicyclic amines) is 1. The SMILES string of the molecule is CCOC(=O)COC1CCN(C(=O)C(C)NC(=O)c2ccc(C(C)=NO)cc2)CC1. The summed E-state index contributed by atoms with van der Waals surface area (Å²) in [6.07, 6.45) is 1.16. The van der Waals surface area contributed by atoms with Gasteiger partial charge in [0.25, 0.3) is 5.91 Å². The third kappa shape index (κ3) is 6.55. The molecule has 1 aromatic rings. The van der Waals surface area contributed by atoms with Gasteiger partial charge in [-0.2, -0.15) is 0 Å². The fourth-order valence-electron chi connectivity index (χ4n) is 3.17. The standard InChI is InChI=1S/C21H29N3O6/c1-4-29-19(25)13-30-18-9-11-24(12-10-18)21(27)15(3)22-20(26)17-7-5-16(6-8-17)14(2)23-28/h5-8,15,18,28H,4,9-13H2,1-3H3,(H,22,26). The number of benzene rings is 1. The Morgan fingerprint density at radius 2 is 1.80 bits per heavy atom. The Bertz CT molecular complexity index is 769. The number of oxime groups is 1. The van der Waals surface area contributed by atoms with Crippen LogP contribution in [0, 0.1) is 0 Å². The summed E-state index contributed by atoms with van der Waals surface area (Å²) < 4.78 is 10.4. The van der Waals surface area contributed by atoms with Crippen LogP contribution in [-0.2, 0) is 19.1 Å². The van der Waals surface area contributed by atoms with Crippen LogP contribution in [0.2, 0.25) is 0 Å². The summed E-state index contributed by atoms with van der Waals surface area (Å²) in [5.41, 5.74) is 1.56. The van der Waals surface area contributed by atoms with Crippen LogP contribution in [0.25, 0.3) is 0 Å². The zero-order valence-corrected chi connectivity index (χ0v) is 17.6. The topological polar surface area (TPSA) is 118 Å². The van der Waals surface area contributed by atoms with E-state index in [0.717, 1.165) is 0 Å². The van der Waals surface area contributed by atoms with Crippen LogP contribution < -0.4 is 5.32 Å². The van der Waals surface area contributed by atoms with Gasteiger partial charge < -0.3 is 24.9 Å². The molecule has 9 nitrogen and oxygen atoms in total. The molecule has 2 rings (SSSR count). The van der Waals surface area contributed by atoms with Crippen molar-refractivity contribution in [2.45, 2.75) is 45.8 Å². The lowest BCUT2D eigenvalue weighted by molar-refractivity contribution is -0.152. The first-order valence-corrected chi connectivity index (χ1v) is 10.0. The number of esters is 1. The van der Waals surface area contributed by atoms with Gasteiger partial charge in [-0.25, -0.2) is 4.79 Å². The van der Waals surface area contributed by atoms with Crippen LogP contribution in [-0.4, -0.2) is 72.1 Å². The molecule has 0 radical (unpaired) electrons. The third-order valence-electron chi connectivity index (χ3n) is 4.93. The molecular formula is C21H29N3O6. The van der Waals surface area contributed by atoms with Gasteiger partial charge in [0.2, 0.25) is 5.91 Å². The molecule has 1 aliphatic heterocycles. The van der Waals surface area contributed by atoms with Gasteiger partial charge >= 0.3 is 5.97 Å². The minimum atomic E-state index is -0.671. The van der Waals surface area contributed by atoms with Crippen molar-refractivity contribution >= 4 is 23.5 Å². The predicted octanol–water partition coefficient (Wildman–Crippen LogP) is 1.57. The van der Waals surface area contributed by atoms with Gasteiger partial charge in [0.15, 0.2) is 0 Å². The monoisotopic (exact) mass is 419 g/mol. The normalized spacial score (nSPS) is 16.1. The predicted molar refractivity (Wildman–Crippen MR) is 110 cm³/mol. The van der Waals surface area contributed by atoms with Crippen LogP contribution in [0.4, 0.5) is 0 Å². The summed E-state index contributed by atoms with van der Waals surface area (Å²) in [6, 6.07) is 5.91. The zero-order valence-electron chi connectivity index (χ0n) is 17.6. The number of rotatable bonds is 8. The molecule has 9 heteroatoms. The van der Waals surface area contributed by atoms with Crippen LogP contribution in [0.1, 0.15) is 49.5 Å². The van der Waals surface area contributed by atoms with Gasteiger partial charge in [0.05, 0.1) is 18.4 Å². The van der Waals surface area contributed by atoms with E-state index in [2.05, 4.69) is 10.5 Å². The van der Waals surface area contributed by atoms with Crippen molar-refractivity contribution in [1.29, 1.82) is 0 Å². The number of ether oxygens (including phenoxy) is 2. The molecule has 2 N–H and O–H groups in total. The Morgan fingerprint density at radius 3 is 2.37 bits per heavy atom. The van der Waals surface area contributed by atoms with Gasteiger partial charge in [-0.1, -0.05) is 17.3 Å². The van der Waals surface area contributed by atoms with Crippen LogP contribution in [0.15, 0.2) is 29.4 Å². The molecule has 1 atom stereocenters. The van der Waals surface area contributed by atoms with Crippen molar-refractivity contribution in [1.82, 2.24) is 10.2 Å². The van der Waals surface area contributed by atoms with Crippen molar-refractivity contribution in [3.8, 4) is 0 Å². The Hall–Kier alpha value is -2.94. The maximum Gasteiger partial charge on any atom is 0.332 e. The second kappa shape index (κ2) is 11.3. The Labute approximate surface area is 176 Å². The maximum atomic E-state index is 12.7. The van der Waals surface area contributed by atoms with E-state index in [9.17, 15) is 14.4 Å². The first kappa shape index (κ1) is 23.3. The number of amides is 2. The summed E-state index contributed by atoms with van der Waals surface area (Å²) in [5.74, 6) is -0.903. The smallest absolute Gasteiger partial charge is 0.332 e. The molecule has 1 saturated heterocycles.